The summed E-state index contributed by atoms with van der Waals surface area (Å²) in [5.41, 5.74) is 2.75. The molecule has 160 valence electrons. The lowest BCUT2D eigenvalue weighted by Crippen LogP contribution is -2.28. The maximum absolute atomic E-state index is 13.1. The van der Waals surface area contributed by atoms with E-state index in [4.69, 9.17) is 14.2 Å². The first-order chi connectivity index (χ1) is 15.1. The van der Waals surface area contributed by atoms with Crippen molar-refractivity contribution in [1.29, 1.82) is 0 Å². The van der Waals surface area contributed by atoms with Gasteiger partial charge in [-0.3, -0.25) is 9.36 Å². The number of aromatic nitrogens is 4. The van der Waals surface area contributed by atoms with E-state index in [1.54, 1.807) is 17.7 Å². The molecule has 0 unspecified atom stereocenters. The molecule has 0 aliphatic rings. The zero-order chi connectivity index (χ0) is 21.8. The molecule has 0 aliphatic carbocycles. The Morgan fingerprint density at radius 1 is 1.13 bits per heavy atom. The molecule has 4 rings (SSSR count). The average molecular weight is 437 g/mol. The zero-order valence-corrected chi connectivity index (χ0v) is 18.6. The topological polar surface area (TPSA) is 83.0 Å². The summed E-state index contributed by atoms with van der Waals surface area (Å²) in [6, 6.07) is 15.3. The largest absolute Gasteiger partial charge is 0.383 e. The smallest absolute Gasteiger partial charge is 0.262 e. The highest BCUT2D eigenvalue weighted by atomic mass is 32.2. The molecule has 0 spiro atoms. The van der Waals surface area contributed by atoms with E-state index in [1.807, 2.05) is 37.3 Å². The van der Waals surface area contributed by atoms with Crippen molar-refractivity contribution in [3.63, 3.8) is 0 Å². The van der Waals surface area contributed by atoms with E-state index in [1.165, 1.54) is 17.3 Å². The van der Waals surface area contributed by atoms with Crippen molar-refractivity contribution in [3.05, 3.63) is 70.3 Å². The Hall–Kier alpha value is -2.97. The number of aryl methyl sites for hydroxylation is 1. The molecular formula is C23H24N4O3S. The predicted molar refractivity (Wildman–Crippen MR) is 121 cm³/mol. The van der Waals surface area contributed by atoms with E-state index >= 15 is 0 Å². The fourth-order valence-corrected chi connectivity index (χ4v) is 4.31. The lowest BCUT2D eigenvalue weighted by atomic mass is 10.1. The van der Waals surface area contributed by atoms with Gasteiger partial charge in [0.15, 0.2) is 5.16 Å². The summed E-state index contributed by atoms with van der Waals surface area (Å²) in [5, 5.41) is 5.29. The summed E-state index contributed by atoms with van der Waals surface area (Å²) in [6.45, 7) is 4.47. The molecular weight excluding hydrogens is 412 g/mol. The Morgan fingerprint density at radius 2 is 1.90 bits per heavy atom. The van der Waals surface area contributed by atoms with Gasteiger partial charge in [0.25, 0.3) is 5.56 Å². The second-order valence-corrected chi connectivity index (χ2v) is 8.18. The minimum atomic E-state index is -0.160. The first-order valence-electron chi connectivity index (χ1n) is 10.2. The van der Waals surface area contributed by atoms with Crippen molar-refractivity contribution in [2.45, 2.75) is 37.2 Å². The Morgan fingerprint density at radius 3 is 2.65 bits per heavy atom. The number of hydrogen-bond acceptors (Lipinski definition) is 7. The number of thioether (sulfide) groups is 1. The number of ether oxygens (including phenoxy) is 1. The van der Waals surface area contributed by atoms with E-state index in [0.29, 0.717) is 40.1 Å². The molecule has 0 amide bonds. The van der Waals surface area contributed by atoms with Crippen LogP contribution in [0.25, 0.3) is 22.3 Å². The third-order valence-corrected chi connectivity index (χ3v) is 5.97. The van der Waals surface area contributed by atoms with Crippen LogP contribution < -0.4 is 5.56 Å². The van der Waals surface area contributed by atoms with Crippen LogP contribution in [-0.2, 0) is 16.9 Å². The number of rotatable bonds is 8. The molecule has 0 aliphatic heterocycles. The minimum Gasteiger partial charge on any atom is -0.383 e. The zero-order valence-electron chi connectivity index (χ0n) is 17.7. The van der Waals surface area contributed by atoms with Gasteiger partial charge in [-0.15, -0.1) is 0 Å². The summed E-state index contributed by atoms with van der Waals surface area (Å²) in [6.07, 6.45) is 0.983. The lowest BCUT2D eigenvalue weighted by Gasteiger charge is -2.18. The fourth-order valence-electron chi connectivity index (χ4n) is 3.38. The molecule has 2 heterocycles. The molecule has 7 nitrogen and oxygen atoms in total. The molecule has 1 atom stereocenters. The molecule has 0 N–H and O–H groups in total. The van der Waals surface area contributed by atoms with Crippen molar-refractivity contribution >= 4 is 22.7 Å². The van der Waals surface area contributed by atoms with Gasteiger partial charge in [-0.2, -0.15) is 4.98 Å². The van der Waals surface area contributed by atoms with E-state index in [9.17, 15) is 4.79 Å². The fraction of sp³-hybridized carbons (Fsp3) is 0.304. The Bertz CT molecular complexity index is 1230. The summed E-state index contributed by atoms with van der Waals surface area (Å²) in [7, 11) is 1.62. The molecule has 4 aromatic rings. The summed E-state index contributed by atoms with van der Waals surface area (Å²) in [4.78, 5) is 22.3. The number of fused-ring (bicyclic) bond motifs is 1. The van der Waals surface area contributed by atoms with Crippen molar-refractivity contribution < 1.29 is 9.26 Å². The van der Waals surface area contributed by atoms with Crippen LogP contribution in [0.1, 0.15) is 31.3 Å². The third-order valence-electron chi connectivity index (χ3n) is 5.04. The Labute approximate surface area is 184 Å². The highest BCUT2D eigenvalue weighted by molar-refractivity contribution is 7.98. The van der Waals surface area contributed by atoms with Gasteiger partial charge in [0.1, 0.15) is 0 Å². The summed E-state index contributed by atoms with van der Waals surface area (Å²) in [5.74, 6) is 1.44. The number of benzene rings is 2. The van der Waals surface area contributed by atoms with Crippen LogP contribution in [-0.4, -0.2) is 33.4 Å². The Balaban J connectivity index is 1.60. The standard InChI is InChI=1S/C23H24N4O3S/c1-4-16-9-11-17(12-10-16)21-25-20(30-26-21)14-31-23-24-19-8-6-5-7-18(19)22(28)27(23)15(2)13-29-3/h5-12,15H,4,13-14H2,1-3H3/t15-/m0/s1. The quantitative estimate of drug-likeness (QED) is 0.297. The summed E-state index contributed by atoms with van der Waals surface area (Å²) >= 11 is 1.40. The van der Waals surface area contributed by atoms with E-state index in [0.717, 1.165) is 12.0 Å². The average Bonchev–Trinajstić information content (AvgIpc) is 3.27. The lowest BCUT2D eigenvalue weighted by molar-refractivity contribution is 0.156. The Kier molecular flexibility index (Phi) is 6.48. The van der Waals surface area contributed by atoms with Crippen LogP contribution in [0.3, 0.4) is 0 Å². The molecule has 0 saturated heterocycles. The molecule has 0 fully saturated rings. The van der Waals surface area contributed by atoms with Crippen LogP contribution >= 0.6 is 11.8 Å². The highest BCUT2D eigenvalue weighted by Crippen LogP contribution is 2.25. The van der Waals surface area contributed by atoms with Gasteiger partial charge in [-0.1, -0.05) is 60.2 Å². The second kappa shape index (κ2) is 9.45. The predicted octanol–water partition coefficient (Wildman–Crippen LogP) is 4.51. The number of nitrogens with zero attached hydrogens (tertiary/aromatic N) is 4. The number of methoxy groups -OCH3 is 1. The van der Waals surface area contributed by atoms with Crippen molar-refractivity contribution in [2.75, 3.05) is 13.7 Å². The van der Waals surface area contributed by atoms with Crippen LogP contribution in [0, 0.1) is 0 Å². The van der Waals surface area contributed by atoms with Gasteiger partial charge in [-0.05, 0) is 31.0 Å². The second-order valence-electron chi connectivity index (χ2n) is 7.24. The van der Waals surface area contributed by atoms with E-state index in [2.05, 4.69) is 29.2 Å². The van der Waals surface area contributed by atoms with Crippen LogP contribution in [0.2, 0.25) is 0 Å². The third kappa shape index (κ3) is 4.55. The first kappa shape index (κ1) is 21.3. The molecule has 2 aromatic carbocycles. The van der Waals surface area contributed by atoms with Gasteiger partial charge < -0.3 is 9.26 Å². The van der Waals surface area contributed by atoms with Crippen molar-refractivity contribution in [3.8, 4) is 11.4 Å². The molecule has 0 bridgehead atoms. The normalized spacial score (nSPS) is 12.4. The first-order valence-corrected chi connectivity index (χ1v) is 11.1. The van der Waals surface area contributed by atoms with Gasteiger partial charge in [-0.25, -0.2) is 4.98 Å². The van der Waals surface area contributed by atoms with Crippen molar-refractivity contribution in [2.24, 2.45) is 0 Å². The maximum Gasteiger partial charge on any atom is 0.262 e. The van der Waals surface area contributed by atoms with Crippen LogP contribution in [0.15, 0.2) is 63.0 Å². The minimum absolute atomic E-state index is 0.0834. The monoisotopic (exact) mass is 436 g/mol. The molecule has 0 radical (unpaired) electrons. The van der Waals surface area contributed by atoms with E-state index < -0.39 is 0 Å². The maximum atomic E-state index is 13.1. The molecule has 0 saturated carbocycles. The van der Waals surface area contributed by atoms with Crippen LogP contribution in [0.5, 0.6) is 0 Å². The SMILES string of the molecule is CCc1ccc(-c2noc(CSc3nc4ccccc4c(=O)n3[C@@H](C)COC)n2)cc1. The van der Waals surface area contributed by atoms with Gasteiger partial charge >= 0.3 is 0 Å². The molecule has 8 heteroatoms. The van der Waals surface area contributed by atoms with Crippen LogP contribution in [0.4, 0.5) is 0 Å². The summed E-state index contributed by atoms with van der Waals surface area (Å²) < 4.78 is 12.4. The van der Waals surface area contributed by atoms with Crippen molar-refractivity contribution in [1.82, 2.24) is 19.7 Å². The molecule has 31 heavy (non-hydrogen) atoms. The molecule has 2 aromatic heterocycles. The van der Waals surface area contributed by atoms with Gasteiger partial charge in [0, 0.05) is 12.7 Å². The van der Waals surface area contributed by atoms with Gasteiger partial charge in [0.2, 0.25) is 11.7 Å². The van der Waals surface area contributed by atoms with Gasteiger partial charge in [0.05, 0.1) is 29.3 Å². The number of para-hydroxylation sites is 1. The number of hydrogen-bond donors (Lipinski definition) is 0. The van der Waals surface area contributed by atoms with E-state index in [-0.39, 0.29) is 11.6 Å². The highest BCUT2D eigenvalue weighted by Gasteiger charge is 2.18.